The number of carbonyl (C=O) groups excluding carboxylic acids is 1. The number of halogens is 1. The third-order valence-corrected chi connectivity index (χ3v) is 4.64. The molecule has 0 saturated heterocycles. The molecule has 0 spiro atoms. The predicted octanol–water partition coefficient (Wildman–Crippen LogP) is 3.85. The van der Waals surface area contributed by atoms with Crippen LogP contribution < -0.4 is 10.1 Å². The van der Waals surface area contributed by atoms with Crippen LogP contribution in [0, 0.1) is 5.82 Å². The molecular formula is C19H18FN3O3S. The number of nitrogens with zero attached hydrogens (tertiary/aromatic N) is 2. The smallest absolute Gasteiger partial charge is 0.277 e. The molecule has 1 aromatic heterocycles. The SMILES string of the molecule is COc1ccc(-c2nnc(SCC(=O)NC(C)c3ccc(F)cc3)o2)cc1. The van der Waals surface area contributed by atoms with Gasteiger partial charge in [0.1, 0.15) is 11.6 Å². The summed E-state index contributed by atoms with van der Waals surface area (Å²) >= 11 is 1.15. The van der Waals surface area contributed by atoms with Gasteiger partial charge in [-0.25, -0.2) is 4.39 Å². The van der Waals surface area contributed by atoms with E-state index in [1.165, 1.54) is 12.1 Å². The van der Waals surface area contributed by atoms with E-state index in [-0.39, 0.29) is 23.5 Å². The quantitative estimate of drug-likeness (QED) is 0.621. The van der Waals surface area contributed by atoms with Gasteiger partial charge in [0.05, 0.1) is 18.9 Å². The van der Waals surface area contributed by atoms with Crippen LogP contribution in [0.25, 0.3) is 11.5 Å². The van der Waals surface area contributed by atoms with Crippen molar-refractivity contribution in [3.63, 3.8) is 0 Å². The average Bonchev–Trinajstić information content (AvgIpc) is 3.16. The minimum atomic E-state index is -0.308. The van der Waals surface area contributed by atoms with Crippen LogP contribution in [0.15, 0.2) is 58.2 Å². The van der Waals surface area contributed by atoms with Crippen LogP contribution in [0.5, 0.6) is 5.75 Å². The summed E-state index contributed by atoms with van der Waals surface area (Å²) in [6, 6.07) is 13.0. The van der Waals surface area contributed by atoms with Gasteiger partial charge in [0, 0.05) is 5.56 Å². The van der Waals surface area contributed by atoms with Gasteiger partial charge < -0.3 is 14.5 Å². The van der Waals surface area contributed by atoms with Gasteiger partial charge in [-0.2, -0.15) is 0 Å². The molecule has 0 fully saturated rings. The Balaban J connectivity index is 1.53. The maximum atomic E-state index is 13.0. The minimum Gasteiger partial charge on any atom is -0.497 e. The highest BCUT2D eigenvalue weighted by molar-refractivity contribution is 7.99. The van der Waals surface area contributed by atoms with Crippen molar-refractivity contribution in [1.82, 2.24) is 15.5 Å². The Hall–Kier alpha value is -2.87. The summed E-state index contributed by atoms with van der Waals surface area (Å²) < 4.78 is 23.6. The number of hydrogen-bond acceptors (Lipinski definition) is 6. The largest absolute Gasteiger partial charge is 0.497 e. The van der Waals surface area contributed by atoms with E-state index in [4.69, 9.17) is 9.15 Å². The molecule has 0 saturated carbocycles. The molecule has 3 rings (SSSR count). The minimum absolute atomic E-state index is 0.135. The molecule has 0 aliphatic heterocycles. The molecule has 1 N–H and O–H groups in total. The fourth-order valence-electron chi connectivity index (χ4n) is 2.36. The van der Waals surface area contributed by atoms with E-state index in [0.717, 1.165) is 28.6 Å². The van der Waals surface area contributed by atoms with Crippen molar-refractivity contribution >= 4 is 17.7 Å². The number of amides is 1. The number of ether oxygens (including phenoxy) is 1. The number of thioether (sulfide) groups is 1. The van der Waals surface area contributed by atoms with E-state index >= 15 is 0 Å². The Kier molecular flexibility index (Phi) is 6.08. The maximum Gasteiger partial charge on any atom is 0.277 e. The number of methoxy groups -OCH3 is 1. The first-order valence-corrected chi connectivity index (χ1v) is 9.19. The standard InChI is InChI=1S/C19H18FN3O3S/c1-12(13-3-7-15(20)8-4-13)21-17(24)11-27-19-23-22-18(26-19)14-5-9-16(25-2)10-6-14/h3-10,12H,11H2,1-2H3,(H,21,24). The first-order valence-electron chi connectivity index (χ1n) is 8.20. The van der Waals surface area contributed by atoms with Gasteiger partial charge in [-0.15, -0.1) is 10.2 Å². The normalized spacial score (nSPS) is 11.8. The zero-order chi connectivity index (χ0) is 19.2. The third kappa shape index (κ3) is 5.07. The van der Waals surface area contributed by atoms with E-state index in [1.54, 1.807) is 31.4 Å². The second-order valence-corrected chi connectivity index (χ2v) is 6.66. The lowest BCUT2D eigenvalue weighted by atomic mass is 10.1. The number of hydrogen-bond donors (Lipinski definition) is 1. The van der Waals surface area contributed by atoms with E-state index in [9.17, 15) is 9.18 Å². The van der Waals surface area contributed by atoms with E-state index in [0.29, 0.717) is 11.1 Å². The first kappa shape index (κ1) is 18.9. The van der Waals surface area contributed by atoms with Crippen LogP contribution in [0.3, 0.4) is 0 Å². The Bertz CT molecular complexity index is 897. The fraction of sp³-hybridized carbons (Fsp3) is 0.211. The number of carbonyl (C=O) groups is 1. The summed E-state index contributed by atoms with van der Waals surface area (Å²) in [6.07, 6.45) is 0. The number of aromatic nitrogens is 2. The molecule has 0 aliphatic rings. The predicted molar refractivity (Wildman–Crippen MR) is 100.0 cm³/mol. The molecule has 0 bridgehead atoms. The van der Waals surface area contributed by atoms with Crippen molar-refractivity contribution in [2.24, 2.45) is 0 Å². The molecular weight excluding hydrogens is 369 g/mol. The first-order chi connectivity index (χ1) is 13.0. The summed E-state index contributed by atoms with van der Waals surface area (Å²) in [7, 11) is 1.60. The Labute approximate surface area is 160 Å². The van der Waals surface area contributed by atoms with Crippen LogP contribution in [-0.2, 0) is 4.79 Å². The molecule has 0 aliphatic carbocycles. The zero-order valence-corrected chi connectivity index (χ0v) is 15.6. The van der Waals surface area contributed by atoms with Gasteiger partial charge in [-0.3, -0.25) is 4.79 Å². The fourth-order valence-corrected chi connectivity index (χ4v) is 2.94. The van der Waals surface area contributed by atoms with Crippen molar-refractivity contribution in [3.8, 4) is 17.2 Å². The number of rotatable bonds is 7. The van der Waals surface area contributed by atoms with Gasteiger partial charge >= 0.3 is 0 Å². The topological polar surface area (TPSA) is 77.2 Å². The summed E-state index contributed by atoms with van der Waals surface area (Å²) in [5, 5.41) is 11.1. The van der Waals surface area contributed by atoms with Gasteiger partial charge in [0.25, 0.3) is 5.22 Å². The summed E-state index contributed by atoms with van der Waals surface area (Å²) in [5.74, 6) is 0.758. The molecule has 27 heavy (non-hydrogen) atoms. The maximum absolute atomic E-state index is 13.0. The highest BCUT2D eigenvalue weighted by atomic mass is 32.2. The van der Waals surface area contributed by atoms with Gasteiger partial charge in [-0.05, 0) is 48.9 Å². The number of nitrogens with one attached hydrogen (secondary N) is 1. The Morgan fingerprint density at radius 2 is 1.89 bits per heavy atom. The molecule has 1 unspecified atom stereocenters. The van der Waals surface area contributed by atoms with Crippen LogP contribution in [-0.4, -0.2) is 29.0 Å². The Morgan fingerprint density at radius 1 is 1.19 bits per heavy atom. The van der Waals surface area contributed by atoms with Crippen LogP contribution in [0.2, 0.25) is 0 Å². The molecule has 3 aromatic rings. The van der Waals surface area contributed by atoms with E-state index in [2.05, 4.69) is 15.5 Å². The van der Waals surface area contributed by atoms with Crippen molar-refractivity contribution in [2.45, 2.75) is 18.2 Å². The van der Waals surface area contributed by atoms with Crippen molar-refractivity contribution in [1.29, 1.82) is 0 Å². The summed E-state index contributed by atoms with van der Waals surface area (Å²) in [5.41, 5.74) is 1.60. The highest BCUT2D eigenvalue weighted by Crippen LogP contribution is 2.25. The molecule has 8 heteroatoms. The molecule has 0 radical (unpaired) electrons. The summed E-state index contributed by atoms with van der Waals surface area (Å²) in [6.45, 7) is 1.84. The zero-order valence-electron chi connectivity index (χ0n) is 14.8. The van der Waals surface area contributed by atoms with Gasteiger partial charge in [-0.1, -0.05) is 23.9 Å². The van der Waals surface area contributed by atoms with Gasteiger partial charge in [0.2, 0.25) is 11.8 Å². The second kappa shape index (κ2) is 8.68. The van der Waals surface area contributed by atoms with Crippen LogP contribution in [0.1, 0.15) is 18.5 Å². The average molecular weight is 387 g/mol. The van der Waals surface area contributed by atoms with Crippen LogP contribution >= 0.6 is 11.8 Å². The molecule has 140 valence electrons. The molecule has 1 heterocycles. The Morgan fingerprint density at radius 3 is 2.56 bits per heavy atom. The van der Waals surface area contributed by atoms with E-state index in [1.807, 2.05) is 19.1 Å². The highest BCUT2D eigenvalue weighted by Gasteiger charge is 2.13. The lowest BCUT2D eigenvalue weighted by Gasteiger charge is -2.13. The molecule has 1 atom stereocenters. The third-order valence-electron chi connectivity index (χ3n) is 3.82. The molecule has 1 amide bonds. The summed E-state index contributed by atoms with van der Waals surface area (Å²) in [4.78, 5) is 12.1. The molecule has 6 nitrogen and oxygen atoms in total. The van der Waals surface area contributed by atoms with Crippen molar-refractivity contribution in [2.75, 3.05) is 12.9 Å². The lowest BCUT2D eigenvalue weighted by molar-refractivity contribution is -0.119. The monoisotopic (exact) mass is 387 g/mol. The van der Waals surface area contributed by atoms with Gasteiger partial charge in [0.15, 0.2) is 0 Å². The lowest BCUT2D eigenvalue weighted by Crippen LogP contribution is -2.28. The molecule has 2 aromatic carbocycles. The van der Waals surface area contributed by atoms with Crippen molar-refractivity contribution in [3.05, 3.63) is 59.9 Å². The van der Waals surface area contributed by atoms with E-state index < -0.39 is 0 Å². The van der Waals surface area contributed by atoms with Crippen LogP contribution in [0.4, 0.5) is 4.39 Å². The van der Waals surface area contributed by atoms with Crippen molar-refractivity contribution < 1.29 is 18.3 Å². The second-order valence-electron chi connectivity index (χ2n) is 5.73. The number of benzene rings is 2.